The van der Waals surface area contributed by atoms with Gasteiger partial charge in [-0.15, -0.1) is 11.3 Å². The number of carbonyl (C=O) groups is 1. The molecule has 2 aromatic carbocycles. The molecule has 0 saturated carbocycles. The summed E-state index contributed by atoms with van der Waals surface area (Å²) in [6.45, 7) is 1.30. The molecule has 0 spiro atoms. The topological polar surface area (TPSA) is 60.5 Å². The number of aromatic nitrogens is 1. The minimum atomic E-state index is -0.636. The Bertz CT molecular complexity index is 997. The van der Waals surface area contributed by atoms with E-state index in [9.17, 15) is 13.6 Å². The number of nitrogens with one attached hydrogen (secondary N) is 1. The fraction of sp³-hybridized carbons (Fsp3) is 0.273. The number of ether oxygens (including phenoxy) is 2. The number of thiazole rings is 1. The van der Waals surface area contributed by atoms with Gasteiger partial charge in [-0.1, -0.05) is 0 Å². The lowest BCUT2D eigenvalue weighted by Crippen LogP contribution is -2.31. The van der Waals surface area contributed by atoms with Crippen molar-refractivity contribution < 1.29 is 23.0 Å². The highest BCUT2D eigenvalue weighted by Gasteiger charge is 2.18. The number of hydrogen-bond donors (Lipinski definition) is 1. The van der Waals surface area contributed by atoms with Crippen molar-refractivity contribution in [2.45, 2.75) is 25.6 Å². The van der Waals surface area contributed by atoms with Crippen LogP contribution in [0.4, 0.5) is 8.78 Å². The van der Waals surface area contributed by atoms with Gasteiger partial charge in [0.05, 0.1) is 6.10 Å². The van der Waals surface area contributed by atoms with Crippen LogP contribution in [0.25, 0.3) is 10.6 Å². The van der Waals surface area contributed by atoms with E-state index in [0.717, 1.165) is 36.1 Å². The zero-order valence-electron chi connectivity index (χ0n) is 16.1. The molecule has 0 radical (unpaired) electrons. The highest BCUT2D eigenvalue weighted by molar-refractivity contribution is 7.13. The van der Waals surface area contributed by atoms with Gasteiger partial charge >= 0.3 is 0 Å². The summed E-state index contributed by atoms with van der Waals surface area (Å²) in [5, 5.41) is 5.31. The summed E-state index contributed by atoms with van der Waals surface area (Å²) >= 11 is 1.38. The maximum atomic E-state index is 13.2. The van der Waals surface area contributed by atoms with E-state index in [-0.39, 0.29) is 18.6 Å². The summed E-state index contributed by atoms with van der Waals surface area (Å²) < 4.78 is 37.6. The van der Waals surface area contributed by atoms with Gasteiger partial charge in [0.15, 0.2) is 0 Å². The van der Waals surface area contributed by atoms with Gasteiger partial charge in [0.1, 0.15) is 34.7 Å². The van der Waals surface area contributed by atoms with Crippen molar-refractivity contribution >= 4 is 17.2 Å². The van der Waals surface area contributed by atoms with Gasteiger partial charge in [-0.05, 0) is 54.8 Å². The third-order valence-electron chi connectivity index (χ3n) is 4.68. The molecule has 1 saturated heterocycles. The quantitative estimate of drug-likeness (QED) is 0.596. The van der Waals surface area contributed by atoms with E-state index in [1.54, 1.807) is 17.5 Å². The van der Waals surface area contributed by atoms with Crippen LogP contribution in [0, 0.1) is 11.6 Å². The van der Waals surface area contributed by atoms with Crippen molar-refractivity contribution in [3.63, 3.8) is 0 Å². The van der Waals surface area contributed by atoms with Crippen molar-refractivity contribution in [2.24, 2.45) is 0 Å². The number of benzene rings is 2. The standard InChI is InChI=1S/C22H20F2N2O3S/c23-16-8-14(9-17(24)10-16)12-29-18-5-3-15(4-6-18)22-26-20(13-30-22)21(27)25-11-19-2-1-7-28-19/h3-6,8-10,13,19H,1-2,7,11-12H2,(H,25,27). The Labute approximate surface area is 176 Å². The van der Waals surface area contributed by atoms with Gasteiger partial charge in [0.2, 0.25) is 0 Å². The number of carbonyl (C=O) groups excluding carboxylic acids is 1. The zero-order chi connectivity index (χ0) is 20.9. The number of rotatable bonds is 7. The van der Waals surface area contributed by atoms with Gasteiger partial charge in [0, 0.05) is 30.2 Å². The van der Waals surface area contributed by atoms with Crippen LogP contribution in [-0.4, -0.2) is 30.1 Å². The minimum absolute atomic E-state index is 0.0559. The molecular formula is C22H20F2N2O3S. The summed E-state index contributed by atoms with van der Waals surface area (Å²) in [7, 11) is 0. The molecule has 5 nitrogen and oxygen atoms in total. The smallest absolute Gasteiger partial charge is 0.270 e. The summed E-state index contributed by atoms with van der Waals surface area (Å²) in [5.41, 5.74) is 1.64. The van der Waals surface area contributed by atoms with Crippen LogP contribution < -0.4 is 10.1 Å². The van der Waals surface area contributed by atoms with Crippen LogP contribution in [-0.2, 0) is 11.3 Å². The Morgan fingerprint density at radius 2 is 1.97 bits per heavy atom. The van der Waals surface area contributed by atoms with Crippen molar-refractivity contribution in [3.8, 4) is 16.3 Å². The average Bonchev–Trinajstić information content (AvgIpc) is 3.42. The largest absolute Gasteiger partial charge is 0.489 e. The van der Waals surface area contributed by atoms with E-state index in [4.69, 9.17) is 9.47 Å². The molecular weight excluding hydrogens is 410 g/mol. The van der Waals surface area contributed by atoms with Gasteiger partial charge in [-0.2, -0.15) is 0 Å². The Hall–Kier alpha value is -2.84. The normalized spacial score (nSPS) is 15.9. The molecule has 1 amide bonds. The summed E-state index contributed by atoms with van der Waals surface area (Å²) in [5.74, 6) is -0.920. The first kappa shape index (κ1) is 20.4. The van der Waals surface area contributed by atoms with Crippen LogP contribution in [0.2, 0.25) is 0 Å². The Kier molecular flexibility index (Phi) is 6.35. The first-order valence-corrected chi connectivity index (χ1v) is 10.5. The first-order chi connectivity index (χ1) is 14.6. The molecule has 1 aliphatic heterocycles. The van der Waals surface area contributed by atoms with Crippen molar-refractivity contribution in [1.82, 2.24) is 10.3 Å². The molecule has 156 valence electrons. The van der Waals surface area contributed by atoms with Crippen molar-refractivity contribution in [2.75, 3.05) is 13.2 Å². The molecule has 3 aromatic rings. The predicted molar refractivity (Wildman–Crippen MR) is 110 cm³/mol. The molecule has 1 fully saturated rings. The Balaban J connectivity index is 1.34. The molecule has 1 aromatic heterocycles. The molecule has 1 N–H and O–H groups in total. The number of amides is 1. The molecule has 30 heavy (non-hydrogen) atoms. The second-order valence-corrected chi connectivity index (χ2v) is 7.83. The molecule has 8 heteroatoms. The van der Waals surface area contributed by atoms with Gasteiger partial charge < -0.3 is 14.8 Å². The number of nitrogens with zero attached hydrogens (tertiary/aromatic N) is 1. The second-order valence-electron chi connectivity index (χ2n) is 6.97. The van der Waals surface area contributed by atoms with Crippen LogP contribution >= 0.6 is 11.3 Å². The lowest BCUT2D eigenvalue weighted by atomic mass is 10.2. The molecule has 2 heterocycles. The average molecular weight is 430 g/mol. The van der Waals surface area contributed by atoms with Crippen LogP contribution in [0.3, 0.4) is 0 Å². The van der Waals surface area contributed by atoms with E-state index in [0.29, 0.717) is 23.6 Å². The lowest BCUT2D eigenvalue weighted by Gasteiger charge is -2.09. The fourth-order valence-electron chi connectivity index (χ4n) is 3.17. The van der Waals surface area contributed by atoms with Crippen LogP contribution in [0.5, 0.6) is 5.75 Å². The second kappa shape index (κ2) is 9.32. The summed E-state index contributed by atoms with van der Waals surface area (Å²) in [6, 6.07) is 10.5. The first-order valence-electron chi connectivity index (χ1n) is 9.60. The highest BCUT2D eigenvalue weighted by atomic mass is 32.1. The number of halogens is 2. The predicted octanol–water partition coefficient (Wildman–Crippen LogP) is 4.58. The molecule has 1 unspecified atom stereocenters. The lowest BCUT2D eigenvalue weighted by molar-refractivity contribution is 0.0854. The van der Waals surface area contributed by atoms with E-state index in [2.05, 4.69) is 10.3 Å². The van der Waals surface area contributed by atoms with Crippen LogP contribution in [0.1, 0.15) is 28.9 Å². The van der Waals surface area contributed by atoms with E-state index in [1.807, 2.05) is 12.1 Å². The molecule has 4 rings (SSSR count). The Morgan fingerprint density at radius 1 is 1.20 bits per heavy atom. The molecule has 1 aliphatic rings. The monoisotopic (exact) mass is 430 g/mol. The minimum Gasteiger partial charge on any atom is -0.489 e. The third kappa shape index (κ3) is 5.20. The number of hydrogen-bond acceptors (Lipinski definition) is 5. The summed E-state index contributed by atoms with van der Waals surface area (Å²) in [4.78, 5) is 16.7. The fourth-order valence-corrected chi connectivity index (χ4v) is 3.97. The molecule has 1 atom stereocenters. The third-order valence-corrected chi connectivity index (χ3v) is 5.57. The van der Waals surface area contributed by atoms with Gasteiger partial charge in [-0.25, -0.2) is 13.8 Å². The van der Waals surface area contributed by atoms with E-state index < -0.39 is 11.6 Å². The SMILES string of the molecule is O=C(NCC1CCCO1)c1csc(-c2ccc(OCc3cc(F)cc(F)c3)cc2)n1. The van der Waals surface area contributed by atoms with Gasteiger partial charge in [-0.3, -0.25) is 4.79 Å². The molecule has 0 aliphatic carbocycles. The molecule has 0 bridgehead atoms. The van der Waals surface area contributed by atoms with E-state index in [1.165, 1.54) is 23.5 Å². The van der Waals surface area contributed by atoms with Crippen molar-refractivity contribution in [1.29, 1.82) is 0 Å². The maximum Gasteiger partial charge on any atom is 0.270 e. The zero-order valence-corrected chi connectivity index (χ0v) is 16.9. The maximum absolute atomic E-state index is 13.2. The van der Waals surface area contributed by atoms with Gasteiger partial charge in [0.25, 0.3) is 5.91 Å². The Morgan fingerprint density at radius 3 is 2.67 bits per heavy atom. The van der Waals surface area contributed by atoms with E-state index >= 15 is 0 Å². The van der Waals surface area contributed by atoms with Crippen LogP contribution in [0.15, 0.2) is 47.8 Å². The van der Waals surface area contributed by atoms with Crippen molar-refractivity contribution in [3.05, 3.63) is 70.7 Å². The summed E-state index contributed by atoms with van der Waals surface area (Å²) in [6.07, 6.45) is 2.08. The highest BCUT2D eigenvalue weighted by Crippen LogP contribution is 2.26.